The molecule has 0 unspecified atom stereocenters. The van der Waals surface area contributed by atoms with E-state index in [4.69, 9.17) is 5.11 Å². The molecule has 3 aromatic heterocycles. The summed E-state index contributed by atoms with van der Waals surface area (Å²) in [6.45, 7) is 7.67. The van der Waals surface area contributed by atoms with E-state index in [9.17, 15) is 9.90 Å². The fraction of sp³-hybridized carbons (Fsp3) is 0.609. The molecule has 3 heterocycles. The van der Waals surface area contributed by atoms with E-state index in [1.165, 1.54) is 0 Å². The first kappa shape index (κ1) is 23.9. The third kappa shape index (κ3) is 5.64. The lowest BCUT2D eigenvalue weighted by molar-refractivity contribution is 0.0789. The normalized spacial score (nSPS) is 18.8. The van der Waals surface area contributed by atoms with Gasteiger partial charge < -0.3 is 20.4 Å². The van der Waals surface area contributed by atoms with E-state index in [1.807, 2.05) is 25.5 Å². The molecular formula is C23H34N8O3. The summed E-state index contributed by atoms with van der Waals surface area (Å²) in [5.74, 6) is 1.35. The van der Waals surface area contributed by atoms with Crippen LogP contribution in [0.1, 0.15) is 46.5 Å². The van der Waals surface area contributed by atoms with Gasteiger partial charge in [-0.2, -0.15) is 15.2 Å². The average molecular weight is 471 g/mol. The molecule has 4 rings (SSSR count). The van der Waals surface area contributed by atoms with Crippen molar-refractivity contribution < 1.29 is 15.0 Å². The number of carbonyl (C=O) groups is 1. The highest BCUT2D eigenvalue weighted by molar-refractivity contribution is 5.75. The van der Waals surface area contributed by atoms with E-state index < -0.39 is 6.09 Å². The zero-order valence-electron chi connectivity index (χ0n) is 20.1. The number of aliphatic hydroxyl groups is 1. The maximum atomic E-state index is 11.7. The summed E-state index contributed by atoms with van der Waals surface area (Å²) in [6, 6.07) is 0. The average Bonchev–Trinajstić information content (AvgIpc) is 3.39. The number of carboxylic acid groups (broad SMARTS) is 1. The van der Waals surface area contributed by atoms with Gasteiger partial charge in [0.15, 0.2) is 5.65 Å². The Morgan fingerprint density at radius 2 is 1.88 bits per heavy atom. The van der Waals surface area contributed by atoms with Crippen molar-refractivity contribution in [1.29, 1.82) is 0 Å². The summed E-state index contributed by atoms with van der Waals surface area (Å²) in [5.41, 5.74) is 1.15. The number of nitrogens with one attached hydrogen (secondary N) is 1. The quantitative estimate of drug-likeness (QED) is 0.456. The van der Waals surface area contributed by atoms with Gasteiger partial charge in [-0.3, -0.25) is 4.68 Å². The van der Waals surface area contributed by atoms with Crippen LogP contribution in [0.25, 0.3) is 11.0 Å². The molecule has 34 heavy (non-hydrogen) atoms. The Morgan fingerprint density at radius 1 is 1.15 bits per heavy atom. The minimum atomic E-state index is -0.845. The zero-order chi connectivity index (χ0) is 24.3. The molecule has 1 aliphatic carbocycles. The van der Waals surface area contributed by atoms with Gasteiger partial charge >= 0.3 is 6.09 Å². The van der Waals surface area contributed by atoms with Gasteiger partial charge in [0.05, 0.1) is 36.6 Å². The fourth-order valence-corrected chi connectivity index (χ4v) is 4.58. The molecule has 184 valence electrons. The number of amides is 1. The molecule has 1 saturated carbocycles. The maximum absolute atomic E-state index is 11.7. The lowest BCUT2D eigenvalue weighted by atomic mass is 9.81. The first-order chi connectivity index (χ1) is 16.2. The van der Waals surface area contributed by atoms with Gasteiger partial charge in [-0.1, -0.05) is 0 Å². The van der Waals surface area contributed by atoms with Crippen LogP contribution in [0, 0.1) is 11.8 Å². The van der Waals surface area contributed by atoms with Gasteiger partial charge in [-0.05, 0) is 58.3 Å². The highest BCUT2D eigenvalue weighted by Gasteiger charge is 2.31. The molecule has 0 spiro atoms. The Bertz CT molecular complexity index is 1110. The van der Waals surface area contributed by atoms with Crippen molar-refractivity contribution in [3.8, 4) is 0 Å². The molecule has 11 heteroatoms. The largest absolute Gasteiger partial charge is 0.465 e. The van der Waals surface area contributed by atoms with Crippen LogP contribution < -0.4 is 5.32 Å². The Hall–Kier alpha value is -3.21. The molecule has 1 aliphatic rings. The molecule has 0 bridgehead atoms. The number of anilines is 2. The smallest absolute Gasteiger partial charge is 0.407 e. The summed E-state index contributed by atoms with van der Waals surface area (Å²) >= 11 is 0. The molecule has 3 aromatic rings. The topological polar surface area (TPSA) is 134 Å². The highest BCUT2D eigenvalue weighted by Crippen LogP contribution is 2.32. The molecular weight excluding hydrogens is 436 g/mol. The van der Waals surface area contributed by atoms with Crippen molar-refractivity contribution in [2.24, 2.45) is 11.8 Å². The third-order valence-electron chi connectivity index (χ3n) is 6.47. The summed E-state index contributed by atoms with van der Waals surface area (Å²) in [7, 11) is 0. The van der Waals surface area contributed by atoms with Gasteiger partial charge in [-0.15, -0.1) is 0 Å². The van der Waals surface area contributed by atoms with Crippen LogP contribution in [0.4, 0.5) is 16.4 Å². The van der Waals surface area contributed by atoms with E-state index in [0.717, 1.165) is 48.9 Å². The summed E-state index contributed by atoms with van der Waals surface area (Å²) < 4.78 is 3.60. The molecule has 1 amide bonds. The van der Waals surface area contributed by atoms with Gasteiger partial charge in [0.25, 0.3) is 0 Å². The van der Waals surface area contributed by atoms with E-state index in [-0.39, 0.29) is 12.1 Å². The lowest BCUT2D eigenvalue weighted by Crippen LogP contribution is -2.47. The summed E-state index contributed by atoms with van der Waals surface area (Å²) in [5, 5.41) is 31.4. The Kier molecular flexibility index (Phi) is 7.01. The highest BCUT2D eigenvalue weighted by atomic mass is 16.4. The number of hydrogen-bond donors (Lipinski definition) is 3. The Morgan fingerprint density at radius 3 is 2.56 bits per heavy atom. The van der Waals surface area contributed by atoms with Gasteiger partial charge in [-0.25, -0.2) is 14.5 Å². The van der Waals surface area contributed by atoms with Crippen LogP contribution in [-0.2, 0) is 13.1 Å². The molecule has 0 radical (unpaired) electrons. The van der Waals surface area contributed by atoms with Crippen molar-refractivity contribution in [2.75, 3.05) is 18.5 Å². The second-order valence-corrected chi connectivity index (χ2v) is 10.1. The number of aliphatic hydroxyl groups excluding tert-OH is 1. The van der Waals surface area contributed by atoms with Crippen molar-refractivity contribution in [2.45, 2.75) is 65.1 Å². The Balaban J connectivity index is 1.37. The van der Waals surface area contributed by atoms with Crippen LogP contribution in [0.5, 0.6) is 0 Å². The van der Waals surface area contributed by atoms with Crippen molar-refractivity contribution in [3.05, 3.63) is 24.8 Å². The minimum absolute atomic E-state index is 0.0269. The summed E-state index contributed by atoms with van der Waals surface area (Å²) in [4.78, 5) is 22.3. The molecule has 11 nitrogen and oxygen atoms in total. The number of aromatic nitrogens is 6. The molecule has 1 fully saturated rings. The number of rotatable bonds is 8. The standard InChI is InChI=1S/C23H34N8O3/c1-23(2,3)30(22(33)34)13-16-4-6-17(7-5-16)14-31-20-18(11-26-31)10-24-21(28-20)27-19-12-25-29(15-19)8-9-32/h10-12,15-17,32H,4-9,13-14H2,1-3H3,(H,33,34)(H,24,27,28). The first-order valence-electron chi connectivity index (χ1n) is 11.8. The van der Waals surface area contributed by atoms with Gasteiger partial charge in [0, 0.05) is 31.0 Å². The second kappa shape index (κ2) is 9.96. The second-order valence-electron chi connectivity index (χ2n) is 10.1. The number of hydrogen-bond acceptors (Lipinski definition) is 7. The van der Waals surface area contributed by atoms with Crippen LogP contribution in [-0.4, -0.2) is 69.4 Å². The van der Waals surface area contributed by atoms with Crippen LogP contribution in [0.3, 0.4) is 0 Å². The van der Waals surface area contributed by atoms with Crippen molar-refractivity contribution in [3.63, 3.8) is 0 Å². The van der Waals surface area contributed by atoms with Crippen LogP contribution >= 0.6 is 0 Å². The fourth-order valence-electron chi connectivity index (χ4n) is 4.58. The van der Waals surface area contributed by atoms with E-state index in [1.54, 1.807) is 34.4 Å². The third-order valence-corrected chi connectivity index (χ3v) is 6.47. The lowest BCUT2D eigenvalue weighted by Gasteiger charge is -2.38. The monoisotopic (exact) mass is 470 g/mol. The predicted octanol–water partition coefficient (Wildman–Crippen LogP) is 3.34. The van der Waals surface area contributed by atoms with Crippen LogP contribution in [0.15, 0.2) is 24.8 Å². The number of fused-ring (bicyclic) bond motifs is 1. The molecule has 0 aromatic carbocycles. The predicted molar refractivity (Wildman–Crippen MR) is 128 cm³/mol. The maximum Gasteiger partial charge on any atom is 0.407 e. The van der Waals surface area contributed by atoms with Crippen molar-refractivity contribution in [1.82, 2.24) is 34.4 Å². The van der Waals surface area contributed by atoms with E-state index >= 15 is 0 Å². The summed E-state index contributed by atoms with van der Waals surface area (Å²) in [6.07, 6.45) is 10.3. The molecule has 3 N–H and O–H groups in total. The first-order valence-corrected chi connectivity index (χ1v) is 11.8. The van der Waals surface area contributed by atoms with E-state index in [2.05, 4.69) is 25.5 Å². The van der Waals surface area contributed by atoms with Gasteiger partial charge in [0.1, 0.15) is 0 Å². The number of nitrogens with zero attached hydrogens (tertiary/aromatic N) is 7. The molecule has 0 saturated heterocycles. The van der Waals surface area contributed by atoms with Crippen molar-refractivity contribution >= 4 is 28.8 Å². The molecule has 0 atom stereocenters. The van der Waals surface area contributed by atoms with E-state index in [0.29, 0.717) is 30.9 Å². The Labute approximate surface area is 198 Å². The van der Waals surface area contributed by atoms with Crippen LogP contribution in [0.2, 0.25) is 0 Å². The van der Waals surface area contributed by atoms with Gasteiger partial charge in [0.2, 0.25) is 5.95 Å². The SMILES string of the molecule is CC(C)(C)N(CC1CCC(Cn2ncc3cnc(Nc4cnn(CCO)c4)nc32)CC1)C(=O)O. The zero-order valence-corrected chi connectivity index (χ0v) is 20.1. The molecule has 0 aliphatic heterocycles. The minimum Gasteiger partial charge on any atom is -0.465 e.